The van der Waals surface area contributed by atoms with Crippen LogP contribution in [0.2, 0.25) is 0 Å². The number of thiazole rings is 1. The third-order valence-electron chi connectivity index (χ3n) is 5.09. The Bertz CT molecular complexity index is 1110. The summed E-state index contributed by atoms with van der Waals surface area (Å²) >= 11 is 0.235. The van der Waals surface area contributed by atoms with E-state index < -0.39 is 49.1 Å². The Hall–Kier alpha value is -2.04. The molecule has 33 heavy (non-hydrogen) atoms. The van der Waals surface area contributed by atoms with Crippen molar-refractivity contribution in [3.05, 3.63) is 22.8 Å². The molecular formula is C17H19F6N5O3S2. The molecule has 3 heterocycles. The standard InChI is InChI=1S/C17H19F6N5O3S2/c1-15(29,17(21,22)23)11-8-24-13(32-11)12-10(16(18,19)20)7-25-14(27-12)26-9-3-5-28(6-4-9)33(2,30)31/h7-9,29H,3-6H2,1-2H3,(H,25,26,27). The van der Waals surface area contributed by atoms with Gasteiger partial charge >= 0.3 is 12.4 Å². The first kappa shape index (κ1) is 25.6. The molecule has 0 spiro atoms. The van der Waals surface area contributed by atoms with Crippen molar-refractivity contribution in [3.8, 4) is 10.7 Å². The van der Waals surface area contributed by atoms with Crippen LogP contribution in [0, 0.1) is 0 Å². The van der Waals surface area contributed by atoms with Gasteiger partial charge in [0.15, 0.2) is 5.60 Å². The van der Waals surface area contributed by atoms with Crippen LogP contribution in [-0.4, -0.2) is 64.3 Å². The minimum absolute atomic E-state index is 0.201. The normalized spacial score (nSPS) is 18.8. The van der Waals surface area contributed by atoms with Crippen LogP contribution in [0.4, 0.5) is 32.3 Å². The zero-order valence-electron chi connectivity index (χ0n) is 17.2. The molecule has 184 valence electrons. The summed E-state index contributed by atoms with van der Waals surface area (Å²) < 4.78 is 104. The van der Waals surface area contributed by atoms with Crippen LogP contribution in [0.1, 0.15) is 30.2 Å². The van der Waals surface area contributed by atoms with Crippen molar-refractivity contribution >= 4 is 27.3 Å². The van der Waals surface area contributed by atoms with Gasteiger partial charge in [0.1, 0.15) is 16.3 Å². The molecule has 0 saturated carbocycles. The molecule has 0 radical (unpaired) electrons. The van der Waals surface area contributed by atoms with Gasteiger partial charge in [0.05, 0.1) is 11.1 Å². The molecule has 16 heteroatoms. The Labute approximate surface area is 188 Å². The van der Waals surface area contributed by atoms with Crippen LogP contribution in [0.25, 0.3) is 10.7 Å². The molecule has 8 nitrogen and oxygen atoms in total. The van der Waals surface area contributed by atoms with E-state index in [1.165, 1.54) is 4.31 Å². The van der Waals surface area contributed by atoms with E-state index in [0.29, 0.717) is 32.2 Å². The molecular weight excluding hydrogens is 500 g/mol. The molecule has 1 unspecified atom stereocenters. The second-order valence-electron chi connectivity index (χ2n) is 7.63. The molecule has 1 saturated heterocycles. The fraction of sp³-hybridized carbons (Fsp3) is 0.588. The Kier molecular flexibility index (Phi) is 6.69. The first-order valence-corrected chi connectivity index (χ1v) is 12.1. The molecule has 1 atom stereocenters. The Balaban J connectivity index is 1.90. The molecule has 3 rings (SSSR count). The number of aliphatic hydroxyl groups is 1. The SMILES string of the molecule is CC(O)(c1cnc(-c2nc(NC3CCN(S(C)(=O)=O)CC3)ncc2C(F)(F)F)s1)C(F)(F)F. The molecule has 0 aliphatic carbocycles. The van der Waals surface area contributed by atoms with Crippen molar-refractivity contribution in [2.45, 2.75) is 43.8 Å². The van der Waals surface area contributed by atoms with E-state index in [9.17, 15) is 39.9 Å². The zero-order valence-corrected chi connectivity index (χ0v) is 18.8. The van der Waals surface area contributed by atoms with Gasteiger partial charge in [0.25, 0.3) is 0 Å². The number of nitrogens with one attached hydrogen (secondary N) is 1. The lowest BCUT2D eigenvalue weighted by atomic mass is 10.1. The van der Waals surface area contributed by atoms with Crippen molar-refractivity contribution in [3.63, 3.8) is 0 Å². The summed E-state index contributed by atoms with van der Waals surface area (Å²) in [6, 6.07) is -0.328. The van der Waals surface area contributed by atoms with E-state index in [1.807, 2.05) is 0 Å². The van der Waals surface area contributed by atoms with E-state index >= 15 is 0 Å². The Morgan fingerprint density at radius 3 is 2.24 bits per heavy atom. The van der Waals surface area contributed by atoms with Crippen LogP contribution in [0.5, 0.6) is 0 Å². The van der Waals surface area contributed by atoms with E-state index in [4.69, 9.17) is 0 Å². The summed E-state index contributed by atoms with van der Waals surface area (Å²) in [5.74, 6) is -0.213. The highest BCUT2D eigenvalue weighted by molar-refractivity contribution is 7.88. The second kappa shape index (κ2) is 8.63. The molecule has 1 aliphatic rings. The number of sulfonamides is 1. The summed E-state index contributed by atoms with van der Waals surface area (Å²) in [5, 5.41) is 12.2. The largest absolute Gasteiger partial charge is 0.422 e. The number of nitrogens with zero attached hydrogens (tertiary/aromatic N) is 4. The summed E-state index contributed by atoms with van der Waals surface area (Å²) in [6.45, 7) is 0.878. The number of hydrogen-bond acceptors (Lipinski definition) is 8. The van der Waals surface area contributed by atoms with Crippen LogP contribution in [0.3, 0.4) is 0 Å². The number of piperidine rings is 1. The van der Waals surface area contributed by atoms with Crippen LogP contribution in [0.15, 0.2) is 12.4 Å². The van der Waals surface area contributed by atoms with E-state index in [-0.39, 0.29) is 36.4 Å². The molecule has 0 amide bonds. The van der Waals surface area contributed by atoms with Gasteiger partial charge in [-0.1, -0.05) is 0 Å². The van der Waals surface area contributed by atoms with Crippen molar-refractivity contribution in [1.29, 1.82) is 0 Å². The zero-order chi connectivity index (χ0) is 24.8. The highest BCUT2D eigenvalue weighted by atomic mass is 32.2. The average Bonchev–Trinajstić information content (AvgIpc) is 3.17. The number of rotatable bonds is 5. The minimum Gasteiger partial charge on any atom is -0.376 e. The quantitative estimate of drug-likeness (QED) is 0.584. The molecule has 2 aromatic heterocycles. The number of halogens is 6. The van der Waals surface area contributed by atoms with Crippen LogP contribution >= 0.6 is 11.3 Å². The Morgan fingerprint density at radius 2 is 1.73 bits per heavy atom. The van der Waals surface area contributed by atoms with Gasteiger partial charge in [-0.25, -0.2) is 27.7 Å². The van der Waals surface area contributed by atoms with E-state index in [1.54, 1.807) is 0 Å². The fourth-order valence-electron chi connectivity index (χ4n) is 3.08. The smallest absolute Gasteiger partial charge is 0.376 e. The number of anilines is 1. The molecule has 0 bridgehead atoms. The summed E-state index contributed by atoms with van der Waals surface area (Å²) in [4.78, 5) is 10.4. The third kappa shape index (κ3) is 5.55. The van der Waals surface area contributed by atoms with Crippen molar-refractivity contribution < 1.29 is 39.9 Å². The highest BCUT2D eigenvalue weighted by Crippen LogP contribution is 2.44. The third-order valence-corrected chi connectivity index (χ3v) is 7.61. The molecule has 1 aliphatic heterocycles. The van der Waals surface area contributed by atoms with Gasteiger partial charge in [0, 0.05) is 31.5 Å². The fourth-order valence-corrected chi connectivity index (χ4v) is 4.94. The van der Waals surface area contributed by atoms with Crippen molar-refractivity contribution in [1.82, 2.24) is 19.3 Å². The molecule has 1 fully saturated rings. The summed E-state index contributed by atoms with van der Waals surface area (Å²) in [5.41, 5.74) is -5.33. The lowest BCUT2D eigenvalue weighted by molar-refractivity contribution is -0.257. The molecule has 0 aromatic carbocycles. The van der Waals surface area contributed by atoms with Gasteiger partial charge in [-0.3, -0.25) is 0 Å². The molecule has 2 N–H and O–H groups in total. The van der Waals surface area contributed by atoms with Gasteiger partial charge in [0.2, 0.25) is 16.0 Å². The number of aromatic nitrogens is 3. The number of alkyl halides is 6. The first-order valence-electron chi connectivity index (χ1n) is 9.42. The molecule has 2 aromatic rings. The lowest BCUT2D eigenvalue weighted by Crippen LogP contribution is -2.42. The van der Waals surface area contributed by atoms with Gasteiger partial charge in [-0.2, -0.15) is 26.3 Å². The van der Waals surface area contributed by atoms with Gasteiger partial charge in [-0.05, 0) is 19.8 Å². The van der Waals surface area contributed by atoms with Gasteiger partial charge < -0.3 is 10.4 Å². The van der Waals surface area contributed by atoms with Crippen LogP contribution in [-0.2, 0) is 21.8 Å². The monoisotopic (exact) mass is 519 g/mol. The summed E-state index contributed by atoms with van der Waals surface area (Å²) in [6.07, 6.45) is -7.05. The maximum Gasteiger partial charge on any atom is 0.422 e. The maximum absolute atomic E-state index is 13.5. The van der Waals surface area contributed by atoms with E-state index in [2.05, 4.69) is 20.3 Å². The Morgan fingerprint density at radius 1 is 1.12 bits per heavy atom. The van der Waals surface area contributed by atoms with Crippen molar-refractivity contribution in [2.75, 3.05) is 24.7 Å². The predicted octanol–water partition coefficient (Wildman–Crippen LogP) is 3.22. The maximum atomic E-state index is 13.5. The predicted molar refractivity (Wildman–Crippen MR) is 107 cm³/mol. The average molecular weight is 519 g/mol. The van der Waals surface area contributed by atoms with Crippen molar-refractivity contribution in [2.24, 2.45) is 0 Å². The number of hydrogen-bond donors (Lipinski definition) is 2. The highest BCUT2D eigenvalue weighted by Gasteiger charge is 2.52. The topological polar surface area (TPSA) is 108 Å². The summed E-state index contributed by atoms with van der Waals surface area (Å²) in [7, 11) is -3.37. The van der Waals surface area contributed by atoms with E-state index in [0.717, 1.165) is 6.26 Å². The second-order valence-corrected chi connectivity index (χ2v) is 10.6. The van der Waals surface area contributed by atoms with Crippen LogP contribution < -0.4 is 5.32 Å². The minimum atomic E-state index is -5.07. The lowest BCUT2D eigenvalue weighted by Gasteiger charge is -2.30. The first-order chi connectivity index (χ1) is 15.0. The van der Waals surface area contributed by atoms with Gasteiger partial charge in [-0.15, -0.1) is 11.3 Å².